The summed E-state index contributed by atoms with van der Waals surface area (Å²) >= 11 is 0. The van der Waals surface area contributed by atoms with E-state index in [0.717, 1.165) is 12.1 Å². The lowest BCUT2D eigenvalue weighted by molar-refractivity contribution is -0.137. The molecule has 0 fully saturated rings. The molecule has 1 unspecified atom stereocenters. The van der Waals surface area contributed by atoms with Crippen LogP contribution in [0.3, 0.4) is 0 Å². The summed E-state index contributed by atoms with van der Waals surface area (Å²) in [6.45, 7) is 1.74. The van der Waals surface area contributed by atoms with E-state index < -0.39 is 29.4 Å². The number of aromatic amines is 1. The van der Waals surface area contributed by atoms with Crippen LogP contribution in [0.15, 0.2) is 16.9 Å². The average Bonchev–Trinajstić information content (AvgIpc) is 2.26. The summed E-state index contributed by atoms with van der Waals surface area (Å²) in [7, 11) is 0. The number of hydrogen-bond acceptors (Lipinski definition) is 4. The molecule has 0 aliphatic carbocycles. The quantitative estimate of drug-likeness (QED) is 0.592. The molecule has 98 valence electrons. The summed E-state index contributed by atoms with van der Waals surface area (Å²) in [6.07, 6.45) is 0.255. The van der Waals surface area contributed by atoms with E-state index in [4.69, 9.17) is 10.2 Å². The Hall–Kier alpha value is -2.31. The Morgan fingerprint density at radius 2 is 2.11 bits per heavy atom. The van der Waals surface area contributed by atoms with Crippen molar-refractivity contribution in [3.63, 3.8) is 0 Å². The third-order valence-electron chi connectivity index (χ3n) is 2.34. The first-order chi connectivity index (χ1) is 8.42. The molecule has 18 heavy (non-hydrogen) atoms. The standard InChI is InChI=1S/C11H14N2O5/c1-2-7(5-10(16)17)12-11(18)6-3-8(14)13-9(15)4-6/h3-4,7H,2,5H2,1H3,(H,12,18)(H,16,17)(H2,13,14,15). The van der Waals surface area contributed by atoms with Crippen LogP contribution in [0.5, 0.6) is 5.88 Å². The molecule has 0 radical (unpaired) electrons. The fourth-order valence-electron chi connectivity index (χ4n) is 1.44. The molecular weight excluding hydrogens is 240 g/mol. The Balaban J connectivity index is 2.80. The first-order valence-corrected chi connectivity index (χ1v) is 5.38. The van der Waals surface area contributed by atoms with Crippen molar-refractivity contribution in [2.24, 2.45) is 0 Å². The Morgan fingerprint density at radius 1 is 1.44 bits per heavy atom. The molecule has 0 saturated heterocycles. The number of nitrogens with one attached hydrogen (secondary N) is 2. The summed E-state index contributed by atoms with van der Waals surface area (Å²) in [6, 6.07) is 1.61. The predicted octanol–water partition coefficient (Wildman–Crippen LogP) is 0.0636. The number of aliphatic carboxylic acids is 1. The SMILES string of the molecule is CCC(CC(=O)O)NC(=O)c1cc(O)[nH]c(=O)c1. The lowest BCUT2D eigenvalue weighted by atomic mass is 10.1. The number of amides is 1. The molecule has 0 aliphatic rings. The molecule has 0 aliphatic heterocycles. The molecule has 1 amide bonds. The molecule has 1 aromatic heterocycles. The van der Waals surface area contributed by atoms with Crippen molar-refractivity contribution < 1.29 is 19.8 Å². The number of rotatable bonds is 5. The highest BCUT2D eigenvalue weighted by atomic mass is 16.4. The normalized spacial score (nSPS) is 11.8. The van der Waals surface area contributed by atoms with Crippen molar-refractivity contribution in [2.75, 3.05) is 0 Å². The fraction of sp³-hybridized carbons (Fsp3) is 0.364. The van der Waals surface area contributed by atoms with E-state index in [-0.39, 0.29) is 12.0 Å². The monoisotopic (exact) mass is 254 g/mol. The van der Waals surface area contributed by atoms with Crippen molar-refractivity contribution in [3.05, 3.63) is 28.0 Å². The van der Waals surface area contributed by atoms with E-state index in [0.29, 0.717) is 6.42 Å². The smallest absolute Gasteiger partial charge is 0.305 e. The van der Waals surface area contributed by atoms with Gasteiger partial charge in [-0.25, -0.2) is 0 Å². The minimum absolute atomic E-state index is 0.0138. The zero-order valence-electron chi connectivity index (χ0n) is 9.77. The number of carboxylic acid groups (broad SMARTS) is 1. The van der Waals surface area contributed by atoms with E-state index in [1.165, 1.54) is 0 Å². The Labute approximate surface area is 102 Å². The molecule has 1 heterocycles. The summed E-state index contributed by atoms with van der Waals surface area (Å²) in [5.41, 5.74) is -0.619. The van der Waals surface area contributed by atoms with Gasteiger partial charge in [0.1, 0.15) is 0 Å². The van der Waals surface area contributed by atoms with Crippen LogP contribution >= 0.6 is 0 Å². The molecule has 7 nitrogen and oxygen atoms in total. The van der Waals surface area contributed by atoms with E-state index in [9.17, 15) is 14.4 Å². The molecule has 0 aromatic carbocycles. The van der Waals surface area contributed by atoms with Gasteiger partial charge in [-0.1, -0.05) is 6.92 Å². The predicted molar refractivity (Wildman–Crippen MR) is 62.5 cm³/mol. The van der Waals surface area contributed by atoms with E-state index in [1.54, 1.807) is 6.92 Å². The van der Waals surface area contributed by atoms with Crippen molar-refractivity contribution in [1.82, 2.24) is 10.3 Å². The van der Waals surface area contributed by atoms with Crippen molar-refractivity contribution in [1.29, 1.82) is 0 Å². The largest absolute Gasteiger partial charge is 0.494 e. The van der Waals surface area contributed by atoms with Gasteiger partial charge in [0.25, 0.3) is 11.5 Å². The summed E-state index contributed by atoms with van der Waals surface area (Å²) in [4.78, 5) is 35.4. The van der Waals surface area contributed by atoms with Crippen LogP contribution in [0.2, 0.25) is 0 Å². The van der Waals surface area contributed by atoms with Crippen LogP contribution in [-0.2, 0) is 4.79 Å². The zero-order chi connectivity index (χ0) is 13.7. The van der Waals surface area contributed by atoms with Gasteiger partial charge in [0.05, 0.1) is 12.0 Å². The summed E-state index contributed by atoms with van der Waals surface area (Å²) < 4.78 is 0. The molecule has 0 spiro atoms. The second kappa shape index (κ2) is 5.85. The number of aromatic hydroxyl groups is 1. The number of pyridine rings is 1. The maximum Gasteiger partial charge on any atom is 0.305 e. The van der Waals surface area contributed by atoms with Crippen LogP contribution in [0.4, 0.5) is 0 Å². The maximum absolute atomic E-state index is 11.7. The third-order valence-corrected chi connectivity index (χ3v) is 2.34. The van der Waals surface area contributed by atoms with Gasteiger partial charge >= 0.3 is 5.97 Å². The van der Waals surface area contributed by atoms with E-state index in [2.05, 4.69) is 10.3 Å². The molecule has 7 heteroatoms. The first-order valence-electron chi connectivity index (χ1n) is 5.38. The van der Waals surface area contributed by atoms with Crippen LogP contribution in [0, 0.1) is 0 Å². The number of carboxylic acids is 1. The summed E-state index contributed by atoms with van der Waals surface area (Å²) in [5.74, 6) is -2.03. The molecular formula is C11H14N2O5. The van der Waals surface area contributed by atoms with Gasteiger partial charge in [-0.2, -0.15) is 0 Å². The van der Waals surface area contributed by atoms with Gasteiger partial charge in [-0.3, -0.25) is 19.4 Å². The van der Waals surface area contributed by atoms with Crippen molar-refractivity contribution in [2.45, 2.75) is 25.8 Å². The van der Waals surface area contributed by atoms with Gasteiger partial charge < -0.3 is 15.5 Å². The highest BCUT2D eigenvalue weighted by Gasteiger charge is 2.16. The number of carbonyl (C=O) groups is 2. The topological polar surface area (TPSA) is 119 Å². The van der Waals surface area contributed by atoms with Crippen LogP contribution in [-0.4, -0.2) is 33.1 Å². The highest BCUT2D eigenvalue weighted by molar-refractivity contribution is 5.94. The molecule has 0 bridgehead atoms. The highest BCUT2D eigenvalue weighted by Crippen LogP contribution is 2.06. The van der Waals surface area contributed by atoms with E-state index in [1.807, 2.05) is 0 Å². The van der Waals surface area contributed by atoms with Gasteiger partial charge in [-0.05, 0) is 6.42 Å². The summed E-state index contributed by atoms with van der Waals surface area (Å²) in [5, 5.41) is 20.3. The van der Waals surface area contributed by atoms with Gasteiger partial charge in [0.15, 0.2) is 5.88 Å². The number of aromatic nitrogens is 1. The molecule has 1 rings (SSSR count). The average molecular weight is 254 g/mol. The lowest BCUT2D eigenvalue weighted by Crippen LogP contribution is -2.36. The lowest BCUT2D eigenvalue weighted by Gasteiger charge is -2.14. The molecule has 0 saturated carbocycles. The van der Waals surface area contributed by atoms with Crippen molar-refractivity contribution >= 4 is 11.9 Å². The van der Waals surface area contributed by atoms with Crippen molar-refractivity contribution in [3.8, 4) is 5.88 Å². The molecule has 4 N–H and O–H groups in total. The maximum atomic E-state index is 11.7. The Bertz CT molecular complexity index is 508. The Kier molecular flexibility index (Phi) is 4.47. The second-order valence-electron chi connectivity index (χ2n) is 3.80. The minimum Gasteiger partial charge on any atom is -0.494 e. The minimum atomic E-state index is -1.02. The fourth-order valence-corrected chi connectivity index (χ4v) is 1.44. The zero-order valence-corrected chi connectivity index (χ0v) is 9.77. The van der Waals surface area contributed by atoms with Gasteiger partial charge in [0.2, 0.25) is 0 Å². The third kappa shape index (κ3) is 3.93. The van der Waals surface area contributed by atoms with Crippen LogP contribution < -0.4 is 10.9 Å². The second-order valence-corrected chi connectivity index (χ2v) is 3.80. The van der Waals surface area contributed by atoms with Crippen LogP contribution in [0.25, 0.3) is 0 Å². The van der Waals surface area contributed by atoms with E-state index >= 15 is 0 Å². The molecule has 1 aromatic rings. The number of H-pyrrole nitrogens is 1. The number of carbonyl (C=O) groups excluding carboxylic acids is 1. The van der Waals surface area contributed by atoms with Gasteiger partial charge in [0, 0.05) is 18.2 Å². The van der Waals surface area contributed by atoms with Crippen LogP contribution in [0.1, 0.15) is 30.1 Å². The van der Waals surface area contributed by atoms with Gasteiger partial charge in [-0.15, -0.1) is 0 Å². The first kappa shape index (κ1) is 13.8. The molecule has 1 atom stereocenters. The number of hydrogen-bond donors (Lipinski definition) is 4. The Morgan fingerprint density at radius 3 is 2.61 bits per heavy atom.